The van der Waals surface area contributed by atoms with Crippen LogP contribution in [-0.2, 0) is 28.9 Å². The fourth-order valence-corrected chi connectivity index (χ4v) is 6.19. The number of hydrogen-bond donors (Lipinski definition) is 1. The Hall–Kier alpha value is -3.64. The van der Waals surface area contributed by atoms with Gasteiger partial charge in [-0.05, 0) is 34.9 Å². The van der Waals surface area contributed by atoms with Gasteiger partial charge in [0, 0.05) is 45.6 Å². The number of fused-ring (bicyclic) bond motifs is 2. The van der Waals surface area contributed by atoms with Crippen molar-refractivity contribution in [1.29, 1.82) is 0 Å². The number of nitrogens with zero attached hydrogens (tertiary/aromatic N) is 2. The Bertz CT molecular complexity index is 1130. The Morgan fingerprint density at radius 3 is 1.65 bits per heavy atom. The van der Waals surface area contributed by atoms with Gasteiger partial charge in [0.1, 0.15) is 0 Å². The third-order valence-electron chi connectivity index (χ3n) is 7.54. The molecule has 0 aromatic heterocycles. The van der Waals surface area contributed by atoms with Crippen molar-refractivity contribution in [3.63, 3.8) is 0 Å². The summed E-state index contributed by atoms with van der Waals surface area (Å²) < 4.78 is 5.82. The van der Waals surface area contributed by atoms with Crippen LogP contribution in [0, 0.1) is 11.8 Å². The molecule has 0 aliphatic carbocycles. The van der Waals surface area contributed by atoms with Crippen LogP contribution in [0.15, 0.2) is 91.0 Å². The average molecular weight is 498 g/mol. The SMILES string of the molecule is NC(=O)OC(Cc1ccccc1)(Cc1ccccc1)C(=O)N1CC2CC(CN(Cc3ccccc3)C2)C1. The van der Waals surface area contributed by atoms with E-state index in [1.807, 2.05) is 71.6 Å². The van der Waals surface area contributed by atoms with Crippen LogP contribution >= 0.6 is 0 Å². The summed E-state index contributed by atoms with van der Waals surface area (Å²) in [6.45, 7) is 4.16. The molecular formula is C31H35N3O3. The first kappa shape index (κ1) is 25.0. The number of carbonyl (C=O) groups excluding carboxylic acids is 2. The average Bonchev–Trinajstić information content (AvgIpc) is 2.89. The molecule has 2 amide bonds. The Balaban J connectivity index is 1.38. The second-order valence-corrected chi connectivity index (χ2v) is 10.6. The molecule has 6 heteroatoms. The van der Waals surface area contributed by atoms with Gasteiger partial charge < -0.3 is 15.4 Å². The Kier molecular flexibility index (Phi) is 7.56. The van der Waals surface area contributed by atoms with Gasteiger partial charge >= 0.3 is 6.09 Å². The zero-order chi connectivity index (χ0) is 25.7. The Labute approximate surface area is 219 Å². The summed E-state index contributed by atoms with van der Waals surface area (Å²) in [6.07, 6.45) is 0.745. The summed E-state index contributed by atoms with van der Waals surface area (Å²) in [4.78, 5) is 31.0. The highest BCUT2D eigenvalue weighted by atomic mass is 16.6. The minimum Gasteiger partial charge on any atom is -0.432 e. The van der Waals surface area contributed by atoms with Crippen molar-refractivity contribution in [2.45, 2.75) is 31.4 Å². The van der Waals surface area contributed by atoms with E-state index in [9.17, 15) is 9.59 Å². The van der Waals surface area contributed by atoms with Crippen LogP contribution in [0.25, 0.3) is 0 Å². The lowest BCUT2D eigenvalue weighted by atomic mass is 9.81. The lowest BCUT2D eigenvalue weighted by molar-refractivity contribution is -0.156. The van der Waals surface area contributed by atoms with E-state index in [0.29, 0.717) is 24.9 Å². The third kappa shape index (κ3) is 6.20. The number of benzene rings is 3. The Morgan fingerprint density at radius 1 is 0.730 bits per heavy atom. The van der Waals surface area contributed by atoms with Gasteiger partial charge in [-0.25, -0.2) is 4.79 Å². The number of hydrogen-bond acceptors (Lipinski definition) is 4. The van der Waals surface area contributed by atoms with Crippen LogP contribution < -0.4 is 5.73 Å². The predicted molar refractivity (Wildman–Crippen MR) is 144 cm³/mol. The van der Waals surface area contributed by atoms with Crippen molar-refractivity contribution in [2.75, 3.05) is 26.2 Å². The maximum Gasteiger partial charge on any atom is 0.405 e. The number of rotatable bonds is 8. The number of ether oxygens (including phenoxy) is 1. The van der Waals surface area contributed by atoms with Gasteiger partial charge in [0.15, 0.2) is 5.60 Å². The van der Waals surface area contributed by atoms with Crippen molar-refractivity contribution >= 4 is 12.0 Å². The van der Waals surface area contributed by atoms with Crippen molar-refractivity contribution in [3.8, 4) is 0 Å². The minimum absolute atomic E-state index is 0.148. The van der Waals surface area contributed by atoms with Crippen LogP contribution in [-0.4, -0.2) is 53.6 Å². The smallest absolute Gasteiger partial charge is 0.405 e. The van der Waals surface area contributed by atoms with Crippen LogP contribution in [0.3, 0.4) is 0 Å². The van der Waals surface area contributed by atoms with Gasteiger partial charge in [0.05, 0.1) is 0 Å². The molecule has 37 heavy (non-hydrogen) atoms. The monoisotopic (exact) mass is 497 g/mol. The number of likely N-dealkylation sites (tertiary alicyclic amines) is 2. The maximum absolute atomic E-state index is 14.3. The molecule has 2 heterocycles. The number of amides is 2. The summed E-state index contributed by atoms with van der Waals surface area (Å²) in [5, 5.41) is 0. The number of carbonyl (C=O) groups is 2. The van der Waals surface area contributed by atoms with Gasteiger partial charge in [-0.1, -0.05) is 91.0 Å². The fourth-order valence-electron chi connectivity index (χ4n) is 6.19. The van der Waals surface area contributed by atoms with E-state index in [4.69, 9.17) is 10.5 Å². The zero-order valence-corrected chi connectivity index (χ0v) is 21.2. The minimum atomic E-state index is -1.40. The van der Waals surface area contributed by atoms with Crippen LogP contribution in [0.4, 0.5) is 4.79 Å². The highest BCUT2D eigenvalue weighted by Gasteiger charge is 2.47. The molecule has 6 nitrogen and oxygen atoms in total. The molecule has 3 aromatic carbocycles. The second kappa shape index (κ2) is 11.2. The molecule has 2 unspecified atom stereocenters. The molecule has 0 spiro atoms. The largest absolute Gasteiger partial charge is 0.432 e. The highest BCUT2D eigenvalue weighted by molar-refractivity contribution is 5.88. The van der Waals surface area contributed by atoms with Gasteiger partial charge in [-0.3, -0.25) is 9.69 Å². The molecule has 3 aromatic rings. The maximum atomic E-state index is 14.3. The molecule has 2 fully saturated rings. The molecular weight excluding hydrogens is 462 g/mol. The molecule has 5 rings (SSSR count). The predicted octanol–water partition coefficient (Wildman–Crippen LogP) is 4.29. The zero-order valence-electron chi connectivity index (χ0n) is 21.2. The lowest BCUT2D eigenvalue weighted by Gasteiger charge is -2.48. The highest BCUT2D eigenvalue weighted by Crippen LogP contribution is 2.33. The summed E-state index contributed by atoms with van der Waals surface area (Å²) >= 11 is 0. The number of primary amides is 1. The van der Waals surface area contributed by atoms with Crippen molar-refractivity contribution in [3.05, 3.63) is 108 Å². The van der Waals surface area contributed by atoms with Gasteiger partial charge in [0.2, 0.25) is 0 Å². The van der Waals surface area contributed by atoms with Crippen molar-refractivity contribution in [2.24, 2.45) is 17.6 Å². The first-order chi connectivity index (χ1) is 18.0. The fraction of sp³-hybridized carbons (Fsp3) is 0.355. The van der Waals surface area contributed by atoms with E-state index in [-0.39, 0.29) is 18.7 Å². The summed E-state index contributed by atoms with van der Waals surface area (Å²) in [6, 6.07) is 30.0. The number of piperidine rings is 2. The van der Waals surface area contributed by atoms with E-state index in [2.05, 4.69) is 29.2 Å². The first-order valence-electron chi connectivity index (χ1n) is 13.1. The summed E-state index contributed by atoms with van der Waals surface area (Å²) in [5.41, 5.74) is 7.37. The van der Waals surface area contributed by atoms with Gasteiger partial charge in [-0.2, -0.15) is 0 Å². The second-order valence-electron chi connectivity index (χ2n) is 10.6. The molecule has 2 aliphatic rings. The standard InChI is InChI=1S/C31H35N3O3/c32-30(36)37-31(17-24-10-4-1-5-11-24,18-25-12-6-2-7-13-25)29(35)34-22-27-16-28(23-34)21-33(20-27)19-26-14-8-3-9-15-26/h1-15,27-28H,16-23H2,(H2,32,36). The molecule has 0 radical (unpaired) electrons. The van der Waals surface area contributed by atoms with Crippen molar-refractivity contribution in [1.82, 2.24) is 9.80 Å². The van der Waals surface area contributed by atoms with E-state index in [1.54, 1.807) is 0 Å². The van der Waals surface area contributed by atoms with E-state index >= 15 is 0 Å². The van der Waals surface area contributed by atoms with Crippen LogP contribution in [0.5, 0.6) is 0 Å². The molecule has 2 N–H and O–H groups in total. The van der Waals surface area contributed by atoms with Gasteiger partial charge in [-0.15, -0.1) is 0 Å². The molecule has 0 saturated carbocycles. The summed E-state index contributed by atoms with van der Waals surface area (Å²) in [5.74, 6) is 0.630. The molecule has 192 valence electrons. The quantitative estimate of drug-likeness (QED) is 0.504. The molecule has 2 saturated heterocycles. The topological polar surface area (TPSA) is 75.9 Å². The van der Waals surface area contributed by atoms with Crippen molar-refractivity contribution < 1.29 is 14.3 Å². The van der Waals surface area contributed by atoms with Gasteiger partial charge in [0.25, 0.3) is 5.91 Å². The normalized spacial score (nSPS) is 19.8. The Morgan fingerprint density at radius 2 is 1.19 bits per heavy atom. The third-order valence-corrected chi connectivity index (χ3v) is 7.54. The van der Waals surface area contributed by atoms with E-state index in [0.717, 1.165) is 37.2 Å². The van der Waals surface area contributed by atoms with Crippen LogP contribution in [0.2, 0.25) is 0 Å². The first-order valence-corrected chi connectivity index (χ1v) is 13.1. The van der Waals surface area contributed by atoms with Crippen LogP contribution in [0.1, 0.15) is 23.1 Å². The van der Waals surface area contributed by atoms with E-state index in [1.165, 1.54) is 5.56 Å². The molecule has 2 aliphatic heterocycles. The number of nitrogens with two attached hydrogens (primary N) is 1. The van der Waals surface area contributed by atoms with E-state index < -0.39 is 11.7 Å². The lowest BCUT2D eigenvalue weighted by Crippen LogP contribution is -2.61. The summed E-state index contributed by atoms with van der Waals surface area (Å²) in [7, 11) is 0. The molecule has 2 bridgehead atoms. The molecule has 2 atom stereocenters.